The predicted molar refractivity (Wildman–Crippen MR) is 131 cm³/mol. The van der Waals surface area contributed by atoms with Crippen LogP contribution in [-0.2, 0) is 4.79 Å². The molecule has 36 heavy (non-hydrogen) atoms. The summed E-state index contributed by atoms with van der Waals surface area (Å²) >= 11 is 0. The first kappa shape index (κ1) is 23.9. The molecule has 1 unspecified atom stereocenters. The highest BCUT2D eigenvalue weighted by Crippen LogP contribution is 2.55. The minimum Gasteiger partial charge on any atom is -0.339 e. The Morgan fingerprint density at radius 2 is 1.78 bits per heavy atom. The molecule has 7 heteroatoms. The third-order valence-corrected chi connectivity index (χ3v) is 7.71. The standard InChI is InChI=1S/C29H27F2N3O2/c30-24-15-22(16-25(31)17-24)20-4-6-26(7-5-20)33-28(36)29(10-11-29)23-8-12-34(13-9-23)27(35)21-3-1-2-19(14-21)18-32/h1-4,6-7,14-17,20,23H,5,8-13H2,(H,33,36). The second-order valence-electron chi connectivity index (χ2n) is 9.93. The molecule has 5 nitrogen and oxygen atoms in total. The number of nitriles is 1. The lowest BCUT2D eigenvalue weighted by molar-refractivity contribution is -0.128. The topological polar surface area (TPSA) is 73.2 Å². The zero-order valence-corrected chi connectivity index (χ0v) is 19.8. The third kappa shape index (κ3) is 4.81. The van der Waals surface area contributed by atoms with Gasteiger partial charge in [-0.05, 0) is 80.0 Å². The van der Waals surface area contributed by atoms with E-state index in [0.29, 0.717) is 41.9 Å². The van der Waals surface area contributed by atoms with Crippen LogP contribution in [0.15, 0.2) is 66.4 Å². The summed E-state index contributed by atoms with van der Waals surface area (Å²) in [4.78, 5) is 27.9. The number of hydrogen-bond donors (Lipinski definition) is 1. The summed E-state index contributed by atoms with van der Waals surface area (Å²) in [6.07, 6.45) is 9.33. The third-order valence-electron chi connectivity index (χ3n) is 7.71. The van der Waals surface area contributed by atoms with Crippen LogP contribution in [0.1, 0.15) is 59.5 Å². The van der Waals surface area contributed by atoms with Crippen LogP contribution in [0.3, 0.4) is 0 Å². The van der Waals surface area contributed by atoms with E-state index in [4.69, 9.17) is 5.26 Å². The number of nitrogens with one attached hydrogen (secondary N) is 1. The average Bonchev–Trinajstić information content (AvgIpc) is 3.71. The van der Waals surface area contributed by atoms with Gasteiger partial charge in [-0.25, -0.2) is 8.78 Å². The molecule has 0 radical (unpaired) electrons. The van der Waals surface area contributed by atoms with Gasteiger partial charge in [0.05, 0.1) is 17.0 Å². The van der Waals surface area contributed by atoms with Crippen LogP contribution in [0, 0.1) is 34.3 Å². The zero-order valence-electron chi connectivity index (χ0n) is 19.8. The van der Waals surface area contributed by atoms with Gasteiger partial charge in [0.15, 0.2) is 0 Å². The fourth-order valence-corrected chi connectivity index (χ4v) is 5.50. The summed E-state index contributed by atoms with van der Waals surface area (Å²) in [6, 6.07) is 12.3. The minimum absolute atomic E-state index is 0.0140. The van der Waals surface area contributed by atoms with Crippen LogP contribution < -0.4 is 5.32 Å². The molecule has 184 valence electrons. The summed E-state index contributed by atoms with van der Waals surface area (Å²) < 4.78 is 27.1. The van der Waals surface area contributed by atoms with Gasteiger partial charge in [-0.3, -0.25) is 9.59 Å². The maximum atomic E-state index is 13.6. The Morgan fingerprint density at radius 3 is 2.39 bits per heavy atom. The molecule has 1 saturated carbocycles. The Kier molecular flexibility index (Phi) is 6.44. The SMILES string of the molecule is N#Cc1cccc(C(=O)N2CCC(C3(C(=O)NC4=CCC(c5cc(F)cc(F)c5)C=C4)CC3)CC2)c1. The van der Waals surface area contributed by atoms with Crippen molar-refractivity contribution in [2.75, 3.05) is 13.1 Å². The van der Waals surface area contributed by atoms with Crippen LogP contribution in [-0.4, -0.2) is 29.8 Å². The van der Waals surface area contributed by atoms with Gasteiger partial charge in [0.2, 0.25) is 5.91 Å². The minimum atomic E-state index is -0.597. The molecular formula is C29H27F2N3O2. The number of hydrogen-bond acceptors (Lipinski definition) is 3. The van der Waals surface area contributed by atoms with Gasteiger partial charge in [-0.1, -0.05) is 18.2 Å². The van der Waals surface area contributed by atoms with E-state index in [9.17, 15) is 18.4 Å². The molecular weight excluding hydrogens is 460 g/mol. The Hall–Kier alpha value is -3.79. The van der Waals surface area contributed by atoms with E-state index < -0.39 is 17.0 Å². The molecule has 1 atom stereocenters. The van der Waals surface area contributed by atoms with Crippen LogP contribution in [0.5, 0.6) is 0 Å². The fraction of sp³-hybridized carbons (Fsp3) is 0.345. The van der Waals surface area contributed by atoms with Crippen molar-refractivity contribution >= 4 is 11.8 Å². The van der Waals surface area contributed by atoms with E-state index in [-0.39, 0.29) is 23.7 Å². The van der Waals surface area contributed by atoms with Crippen LogP contribution >= 0.6 is 0 Å². The number of halogens is 2. The van der Waals surface area contributed by atoms with Crippen molar-refractivity contribution < 1.29 is 18.4 Å². The van der Waals surface area contributed by atoms with Crippen molar-refractivity contribution in [3.05, 3.63) is 94.7 Å². The Bertz CT molecular complexity index is 1280. The molecule has 0 spiro atoms. The molecule has 2 aliphatic carbocycles. The number of amides is 2. The molecule has 2 aromatic carbocycles. The summed E-state index contributed by atoms with van der Waals surface area (Å²) in [5.41, 5.74) is 1.87. The first-order valence-corrected chi connectivity index (χ1v) is 12.3. The van der Waals surface area contributed by atoms with E-state index in [1.807, 2.05) is 23.1 Å². The molecule has 0 aromatic heterocycles. The highest BCUT2D eigenvalue weighted by molar-refractivity contribution is 5.94. The second kappa shape index (κ2) is 9.69. The number of nitrogens with zero attached hydrogens (tertiary/aromatic N) is 2. The van der Waals surface area contributed by atoms with E-state index >= 15 is 0 Å². The Morgan fingerprint density at radius 1 is 1.06 bits per heavy atom. The van der Waals surface area contributed by atoms with Crippen LogP contribution in [0.25, 0.3) is 0 Å². The van der Waals surface area contributed by atoms with Crippen LogP contribution in [0.2, 0.25) is 0 Å². The maximum Gasteiger partial charge on any atom is 0.253 e. The molecule has 2 amide bonds. The van der Waals surface area contributed by atoms with Crippen molar-refractivity contribution in [2.45, 2.75) is 38.0 Å². The largest absolute Gasteiger partial charge is 0.339 e. The maximum absolute atomic E-state index is 13.6. The molecule has 5 rings (SSSR count). The Labute approximate surface area is 209 Å². The monoisotopic (exact) mass is 487 g/mol. The number of carbonyl (C=O) groups excluding carboxylic acids is 2. The van der Waals surface area contributed by atoms with E-state index in [1.54, 1.807) is 24.3 Å². The van der Waals surface area contributed by atoms with Crippen molar-refractivity contribution in [2.24, 2.45) is 11.3 Å². The second-order valence-corrected chi connectivity index (χ2v) is 9.93. The molecule has 1 aliphatic heterocycles. The van der Waals surface area contributed by atoms with Crippen molar-refractivity contribution in [3.63, 3.8) is 0 Å². The first-order chi connectivity index (χ1) is 17.4. The van der Waals surface area contributed by atoms with Gasteiger partial charge in [0.25, 0.3) is 5.91 Å². The fourth-order valence-electron chi connectivity index (χ4n) is 5.50. The number of piperidine rings is 1. The van der Waals surface area contributed by atoms with Crippen LogP contribution in [0.4, 0.5) is 8.78 Å². The zero-order chi connectivity index (χ0) is 25.3. The van der Waals surface area contributed by atoms with Gasteiger partial charge < -0.3 is 10.2 Å². The molecule has 0 bridgehead atoms. The molecule has 2 aromatic rings. The lowest BCUT2D eigenvalue weighted by Crippen LogP contribution is -2.44. The first-order valence-electron chi connectivity index (χ1n) is 12.3. The number of allylic oxidation sites excluding steroid dienone is 3. The molecule has 2 fully saturated rings. The molecule has 3 aliphatic rings. The quantitative estimate of drug-likeness (QED) is 0.629. The summed E-state index contributed by atoms with van der Waals surface area (Å²) in [5.74, 6) is -1.18. The van der Waals surface area contributed by atoms with Crippen molar-refractivity contribution in [1.82, 2.24) is 10.2 Å². The van der Waals surface area contributed by atoms with Crippen molar-refractivity contribution in [3.8, 4) is 6.07 Å². The number of benzene rings is 2. The summed E-state index contributed by atoms with van der Waals surface area (Å²) in [5, 5.41) is 12.2. The van der Waals surface area contributed by atoms with Gasteiger partial charge in [0, 0.05) is 36.3 Å². The molecule has 1 N–H and O–H groups in total. The van der Waals surface area contributed by atoms with Gasteiger partial charge in [-0.2, -0.15) is 5.26 Å². The number of carbonyl (C=O) groups is 2. The average molecular weight is 488 g/mol. The highest BCUT2D eigenvalue weighted by atomic mass is 19.1. The van der Waals surface area contributed by atoms with Gasteiger partial charge in [0.1, 0.15) is 11.6 Å². The van der Waals surface area contributed by atoms with Gasteiger partial charge >= 0.3 is 0 Å². The predicted octanol–water partition coefficient (Wildman–Crippen LogP) is 5.21. The number of rotatable bonds is 5. The van der Waals surface area contributed by atoms with E-state index in [2.05, 4.69) is 11.4 Å². The molecule has 1 heterocycles. The summed E-state index contributed by atoms with van der Waals surface area (Å²) in [6.45, 7) is 1.17. The van der Waals surface area contributed by atoms with E-state index in [1.165, 1.54) is 12.1 Å². The smallest absolute Gasteiger partial charge is 0.253 e. The van der Waals surface area contributed by atoms with E-state index in [0.717, 1.165) is 31.7 Å². The Balaban J connectivity index is 1.16. The molecule has 1 saturated heterocycles. The van der Waals surface area contributed by atoms with Crippen molar-refractivity contribution in [1.29, 1.82) is 5.26 Å². The normalized spacial score (nSPS) is 20.9. The summed E-state index contributed by atoms with van der Waals surface area (Å²) in [7, 11) is 0. The number of likely N-dealkylation sites (tertiary alicyclic amines) is 1. The van der Waals surface area contributed by atoms with Gasteiger partial charge in [-0.15, -0.1) is 0 Å². The highest BCUT2D eigenvalue weighted by Gasteiger charge is 2.55. The lowest BCUT2D eigenvalue weighted by atomic mass is 9.80. The lowest BCUT2D eigenvalue weighted by Gasteiger charge is -2.36.